The van der Waals surface area contributed by atoms with E-state index in [-0.39, 0.29) is 11.4 Å². The zero-order chi connectivity index (χ0) is 22.9. The first-order valence-corrected chi connectivity index (χ1v) is 11.6. The van der Waals surface area contributed by atoms with Crippen LogP contribution in [0.5, 0.6) is 0 Å². The Morgan fingerprint density at radius 3 is 2.30 bits per heavy atom. The lowest BCUT2D eigenvalue weighted by Gasteiger charge is -2.15. The molecule has 3 aromatic carbocycles. The number of thiazole rings is 1. The molecule has 0 aliphatic rings. The Labute approximate surface area is 202 Å². The van der Waals surface area contributed by atoms with Crippen molar-refractivity contribution < 1.29 is 4.39 Å². The molecule has 0 bridgehead atoms. The minimum absolute atomic E-state index is 0.281. The monoisotopic (exact) mass is 494 g/mol. The Morgan fingerprint density at radius 2 is 1.61 bits per heavy atom. The van der Waals surface area contributed by atoms with Crippen molar-refractivity contribution in [1.29, 1.82) is 0 Å². The van der Waals surface area contributed by atoms with Gasteiger partial charge in [0.05, 0.1) is 5.69 Å². The minimum atomic E-state index is -0.387. The van der Waals surface area contributed by atoms with Gasteiger partial charge in [-0.3, -0.25) is 9.36 Å². The number of nitrogens with one attached hydrogen (secondary N) is 1. The first-order chi connectivity index (χ1) is 16.0. The highest BCUT2D eigenvalue weighted by atomic mass is 35.5. The fourth-order valence-electron chi connectivity index (χ4n) is 3.49. The van der Waals surface area contributed by atoms with Gasteiger partial charge in [0, 0.05) is 17.3 Å². The standard InChI is InChI=1S/C24H16ClFN4OS2/c25-16-8-6-15(7-9-16)14-27-23-28-21-20(22(31)30(23)19-12-10-17(26)11-13-19)33-24(32)29(21)18-4-2-1-3-5-18/h1-13H,14H2,(H,27,28). The van der Waals surface area contributed by atoms with Gasteiger partial charge in [-0.1, -0.05) is 53.3 Å². The number of hydrogen-bond acceptors (Lipinski definition) is 5. The van der Waals surface area contributed by atoms with Crippen molar-refractivity contribution in [2.75, 3.05) is 5.32 Å². The lowest BCUT2D eigenvalue weighted by atomic mass is 10.2. The summed E-state index contributed by atoms with van der Waals surface area (Å²) in [5, 5.41) is 3.90. The molecule has 0 fully saturated rings. The molecule has 0 saturated carbocycles. The third-order valence-electron chi connectivity index (χ3n) is 5.07. The van der Waals surface area contributed by atoms with Crippen LogP contribution in [0.25, 0.3) is 21.7 Å². The maximum absolute atomic E-state index is 13.6. The van der Waals surface area contributed by atoms with Crippen molar-refractivity contribution >= 4 is 51.5 Å². The van der Waals surface area contributed by atoms with Crippen molar-refractivity contribution in [3.8, 4) is 11.4 Å². The molecule has 1 N–H and O–H groups in total. The highest BCUT2D eigenvalue weighted by Crippen LogP contribution is 2.26. The summed E-state index contributed by atoms with van der Waals surface area (Å²) in [6.45, 7) is 0.409. The quantitative estimate of drug-likeness (QED) is 0.288. The molecule has 0 amide bonds. The summed E-state index contributed by atoms with van der Waals surface area (Å²) in [6, 6.07) is 22.6. The third-order valence-corrected chi connectivity index (χ3v) is 6.67. The van der Waals surface area contributed by atoms with Gasteiger partial charge >= 0.3 is 0 Å². The Morgan fingerprint density at radius 1 is 0.939 bits per heavy atom. The van der Waals surface area contributed by atoms with Crippen LogP contribution < -0.4 is 10.9 Å². The summed E-state index contributed by atoms with van der Waals surface area (Å²) < 4.78 is 17.7. The van der Waals surface area contributed by atoms with Gasteiger partial charge in [0.2, 0.25) is 5.95 Å². The van der Waals surface area contributed by atoms with Gasteiger partial charge in [-0.05, 0) is 66.3 Å². The van der Waals surface area contributed by atoms with Crippen LogP contribution in [0.2, 0.25) is 5.02 Å². The van der Waals surface area contributed by atoms with E-state index in [1.54, 1.807) is 28.8 Å². The average molecular weight is 495 g/mol. The summed E-state index contributed by atoms with van der Waals surface area (Å²) in [7, 11) is 0. The van der Waals surface area contributed by atoms with E-state index < -0.39 is 0 Å². The summed E-state index contributed by atoms with van der Waals surface area (Å²) in [5.41, 5.74) is 2.47. The molecule has 2 heterocycles. The van der Waals surface area contributed by atoms with Gasteiger partial charge in [-0.2, -0.15) is 4.98 Å². The first kappa shape index (κ1) is 21.5. The van der Waals surface area contributed by atoms with Crippen LogP contribution in [-0.2, 0) is 6.54 Å². The van der Waals surface area contributed by atoms with E-state index in [9.17, 15) is 9.18 Å². The maximum atomic E-state index is 13.6. The molecular formula is C24H16ClFN4OS2. The van der Waals surface area contributed by atoms with Crippen LogP contribution in [0.3, 0.4) is 0 Å². The average Bonchev–Trinajstić information content (AvgIpc) is 3.16. The van der Waals surface area contributed by atoms with Crippen molar-refractivity contribution in [1.82, 2.24) is 14.1 Å². The molecule has 0 aliphatic carbocycles. The van der Waals surface area contributed by atoms with Gasteiger partial charge < -0.3 is 5.32 Å². The second kappa shape index (κ2) is 8.90. The van der Waals surface area contributed by atoms with E-state index in [1.165, 1.54) is 28.0 Å². The summed E-state index contributed by atoms with van der Waals surface area (Å²) >= 11 is 12.8. The van der Waals surface area contributed by atoms with E-state index in [0.29, 0.717) is 37.5 Å². The largest absolute Gasteiger partial charge is 0.351 e. The molecule has 33 heavy (non-hydrogen) atoms. The number of anilines is 1. The van der Waals surface area contributed by atoms with E-state index in [2.05, 4.69) is 5.32 Å². The zero-order valence-corrected chi connectivity index (χ0v) is 19.4. The number of rotatable bonds is 5. The normalized spacial score (nSPS) is 11.1. The van der Waals surface area contributed by atoms with Gasteiger partial charge in [-0.25, -0.2) is 8.96 Å². The molecular weight excluding hydrogens is 479 g/mol. The molecule has 164 valence electrons. The molecule has 0 unspecified atom stereocenters. The fourth-order valence-corrected chi connectivity index (χ4v) is 4.92. The summed E-state index contributed by atoms with van der Waals surface area (Å²) in [5.74, 6) is -0.0612. The van der Waals surface area contributed by atoms with Crippen LogP contribution in [-0.4, -0.2) is 14.1 Å². The van der Waals surface area contributed by atoms with Gasteiger partial charge in [0.1, 0.15) is 10.5 Å². The first-order valence-electron chi connectivity index (χ1n) is 9.99. The van der Waals surface area contributed by atoms with Crippen LogP contribution in [0.1, 0.15) is 5.56 Å². The lowest BCUT2D eigenvalue weighted by molar-refractivity contribution is 0.627. The number of benzene rings is 3. The minimum Gasteiger partial charge on any atom is -0.351 e. The van der Waals surface area contributed by atoms with E-state index in [1.807, 2.05) is 42.5 Å². The number of nitrogens with zero attached hydrogens (tertiary/aromatic N) is 3. The highest BCUT2D eigenvalue weighted by molar-refractivity contribution is 7.73. The number of hydrogen-bond donors (Lipinski definition) is 1. The van der Waals surface area contributed by atoms with Crippen molar-refractivity contribution in [3.05, 3.63) is 110 Å². The second-order valence-electron chi connectivity index (χ2n) is 7.22. The number of aromatic nitrogens is 3. The molecule has 0 atom stereocenters. The van der Waals surface area contributed by atoms with Crippen molar-refractivity contribution in [2.45, 2.75) is 6.54 Å². The predicted octanol–water partition coefficient (Wildman–Crippen LogP) is 6.37. The SMILES string of the molecule is O=c1c2sc(=S)n(-c3ccccc3)c2nc(NCc2ccc(Cl)cc2)n1-c1ccc(F)cc1. The van der Waals surface area contributed by atoms with E-state index in [4.69, 9.17) is 28.8 Å². The molecule has 5 aromatic rings. The lowest BCUT2D eigenvalue weighted by Crippen LogP contribution is -2.23. The maximum Gasteiger partial charge on any atom is 0.279 e. The molecule has 9 heteroatoms. The van der Waals surface area contributed by atoms with Crippen molar-refractivity contribution in [2.24, 2.45) is 0 Å². The summed E-state index contributed by atoms with van der Waals surface area (Å²) in [6.07, 6.45) is 0. The Kier molecular flexibility index (Phi) is 5.80. The molecule has 0 saturated heterocycles. The topological polar surface area (TPSA) is 51.9 Å². The Balaban J connectivity index is 1.71. The van der Waals surface area contributed by atoms with Crippen LogP contribution in [0.15, 0.2) is 83.7 Å². The predicted molar refractivity (Wildman–Crippen MR) is 134 cm³/mol. The Hall–Kier alpha value is -3.33. The van der Waals surface area contributed by atoms with Gasteiger partial charge in [-0.15, -0.1) is 0 Å². The fraction of sp³-hybridized carbons (Fsp3) is 0.0417. The highest BCUT2D eigenvalue weighted by Gasteiger charge is 2.18. The number of para-hydroxylation sites is 1. The van der Waals surface area contributed by atoms with Crippen LogP contribution in [0.4, 0.5) is 10.3 Å². The van der Waals surface area contributed by atoms with Gasteiger partial charge in [0.25, 0.3) is 5.56 Å². The van der Waals surface area contributed by atoms with E-state index >= 15 is 0 Å². The molecule has 5 nitrogen and oxygen atoms in total. The summed E-state index contributed by atoms with van der Waals surface area (Å²) in [4.78, 5) is 18.4. The second-order valence-corrected chi connectivity index (χ2v) is 9.30. The molecule has 2 aromatic heterocycles. The zero-order valence-electron chi connectivity index (χ0n) is 17.0. The van der Waals surface area contributed by atoms with E-state index in [0.717, 1.165) is 11.3 Å². The third kappa shape index (κ3) is 4.20. The van der Waals surface area contributed by atoms with Gasteiger partial charge in [0.15, 0.2) is 9.60 Å². The number of fused-ring (bicyclic) bond motifs is 1. The van der Waals surface area contributed by atoms with Crippen LogP contribution >= 0.6 is 35.2 Å². The molecule has 0 spiro atoms. The Bertz CT molecular complexity index is 1560. The molecule has 0 aliphatic heterocycles. The molecule has 0 radical (unpaired) electrons. The van der Waals surface area contributed by atoms with Crippen LogP contribution in [0, 0.1) is 9.77 Å². The molecule has 5 rings (SSSR count). The van der Waals surface area contributed by atoms with Crippen molar-refractivity contribution in [3.63, 3.8) is 0 Å². The number of halogens is 2. The smallest absolute Gasteiger partial charge is 0.279 e.